The van der Waals surface area contributed by atoms with E-state index < -0.39 is 0 Å². The fourth-order valence-electron chi connectivity index (χ4n) is 2.32. The Morgan fingerprint density at radius 1 is 0.929 bits per heavy atom. The first-order valence-corrected chi connectivity index (χ1v) is 5.93. The molecule has 1 nitrogen and oxygen atoms in total. The summed E-state index contributed by atoms with van der Waals surface area (Å²) in [5, 5.41) is 0. The Balaban J connectivity index is 2.00. The number of ketones is 1. The third-order valence-corrected chi connectivity index (χ3v) is 5.02. The zero-order valence-corrected chi connectivity index (χ0v) is 9.89. The fraction of sp³-hybridized carbons (Fsp3) is 0.923. The SMILES string of the molecule is CC(C(=O)C(C)C1(C)CC1)C1(C)CC1. The van der Waals surface area contributed by atoms with Crippen molar-refractivity contribution in [2.24, 2.45) is 22.7 Å². The minimum absolute atomic E-state index is 0.287. The maximum Gasteiger partial charge on any atom is 0.139 e. The molecule has 80 valence electrons. The molecule has 0 aromatic heterocycles. The monoisotopic (exact) mass is 194 g/mol. The minimum atomic E-state index is 0.287. The lowest BCUT2D eigenvalue weighted by Crippen LogP contribution is -2.30. The molecule has 0 bridgehead atoms. The van der Waals surface area contributed by atoms with Crippen LogP contribution in [0.3, 0.4) is 0 Å². The molecule has 2 rings (SSSR count). The molecule has 0 aromatic rings. The van der Waals surface area contributed by atoms with E-state index >= 15 is 0 Å². The van der Waals surface area contributed by atoms with E-state index in [2.05, 4.69) is 27.7 Å². The predicted octanol–water partition coefficient (Wildman–Crippen LogP) is 3.43. The summed E-state index contributed by atoms with van der Waals surface area (Å²) in [4.78, 5) is 12.2. The molecule has 14 heavy (non-hydrogen) atoms. The third-order valence-electron chi connectivity index (χ3n) is 5.02. The van der Waals surface area contributed by atoms with Gasteiger partial charge in [-0.25, -0.2) is 0 Å². The van der Waals surface area contributed by atoms with Crippen molar-refractivity contribution in [2.75, 3.05) is 0 Å². The lowest BCUT2D eigenvalue weighted by atomic mass is 9.78. The van der Waals surface area contributed by atoms with E-state index in [0.717, 1.165) is 0 Å². The van der Waals surface area contributed by atoms with E-state index in [-0.39, 0.29) is 11.8 Å². The van der Waals surface area contributed by atoms with Gasteiger partial charge in [0.25, 0.3) is 0 Å². The molecule has 0 N–H and O–H groups in total. The summed E-state index contributed by atoms with van der Waals surface area (Å²) in [5.41, 5.74) is 0.715. The van der Waals surface area contributed by atoms with Gasteiger partial charge < -0.3 is 0 Å². The van der Waals surface area contributed by atoms with E-state index in [1.807, 2.05) is 0 Å². The molecule has 2 aliphatic carbocycles. The first kappa shape index (κ1) is 10.2. The van der Waals surface area contributed by atoms with Crippen LogP contribution >= 0.6 is 0 Å². The second-order valence-electron chi connectivity index (χ2n) is 6.15. The van der Waals surface area contributed by atoms with Crippen molar-refractivity contribution < 1.29 is 4.79 Å². The van der Waals surface area contributed by atoms with Crippen LogP contribution in [0.2, 0.25) is 0 Å². The van der Waals surface area contributed by atoms with E-state index in [1.54, 1.807) is 0 Å². The van der Waals surface area contributed by atoms with Gasteiger partial charge in [0.2, 0.25) is 0 Å². The molecule has 0 radical (unpaired) electrons. The van der Waals surface area contributed by atoms with Crippen molar-refractivity contribution in [2.45, 2.75) is 53.4 Å². The molecule has 2 aliphatic rings. The highest BCUT2D eigenvalue weighted by Gasteiger charge is 2.51. The van der Waals surface area contributed by atoms with Gasteiger partial charge in [-0.2, -0.15) is 0 Å². The Hall–Kier alpha value is -0.330. The number of Topliss-reactive ketones (excluding diaryl/α,β-unsaturated/α-hetero) is 1. The van der Waals surface area contributed by atoms with Gasteiger partial charge in [-0.1, -0.05) is 27.7 Å². The Kier molecular flexibility index (Phi) is 2.06. The molecule has 2 atom stereocenters. The standard InChI is InChI=1S/C13H22O/c1-9(12(3)5-6-12)11(14)10(2)13(4)7-8-13/h9-10H,5-8H2,1-4H3. The van der Waals surface area contributed by atoms with Crippen LogP contribution in [0, 0.1) is 22.7 Å². The van der Waals surface area contributed by atoms with Gasteiger partial charge in [0, 0.05) is 11.8 Å². The van der Waals surface area contributed by atoms with Gasteiger partial charge in [0.15, 0.2) is 0 Å². The molecule has 0 amide bonds. The maximum absolute atomic E-state index is 12.2. The van der Waals surface area contributed by atoms with Gasteiger partial charge in [0.1, 0.15) is 5.78 Å². The lowest BCUT2D eigenvalue weighted by molar-refractivity contribution is -0.129. The van der Waals surface area contributed by atoms with Crippen LogP contribution in [-0.4, -0.2) is 5.78 Å². The third kappa shape index (κ3) is 1.51. The minimum Gasteiger partial charge on any atom is -0.299 e. The van der Waals surface area contributed by atoms with Crippen LogP contribution in [0.1, 0.15) is 53.4 Å². The number of hydrogen-bond donors (Lipinski definition) is 0. The summed E-state index contributed by atoms with van der Waals surface area (Å²) in [6.45, 7) is 8.80. The molecule has 0 spiro atoms. The molecule has 2 saturated carbocycles. The highest BCUT2D eigenvalue weighted by Crippen LogP contribution is 2.56. The van der Waals surface area contributed by atoms with Gasteiger partial charge in [-0.3, -0.25) is 4.79 Å². The van der Waals surface area contributed by atoms with Crippen LogP contribution in [-0.2, 0) is 4.79 Å². The van der Waals surface area contributed by atoms with Crippen molar-refractivity contribution >= 4 is 5.78 Å². The quantitative estimate of drug-likeness (QED) is 0.670. The van der Waals surface area contributed by atoms with Crippen molar-refractivity contribution in [3.63, 3.8) is 0 Å². The average Bonchev–Trinajstić information content (AvgIpc) is 3.03. The summed E-state index contributed by atoms with van der Waals surface area (Å²) in [7, 11) is 0. The van der Waals surface area contributed by atoms with Gasteiger partial charge in [0.05, 0.1) is 0 Å². The molecule has 2 fully saturated rings. The van der Waals surface area contributed by atoms with E-state index in [1.165, 1.54) is 25.7 Å². The summed E-state index contributed by atoms with van der Waals surface area (Å²) in [6, 6.07) is 0. The highest BCUT2D eigenvalue weighted by molar-refractivity contribution is 5.85. The first-order chi connectivity index (χ1) is 6.39. The molecule has 0 heterocycles. The van der Waals surface area contributed by atoms with Gasteiger partial charge in [-0.15, -0.1) is 0 Å². The topological polar surface area (TPSA) is 17.1 Å². The summed E-state index contributed by atoms with van der Waals surface area (Å²) in [6.07, 6.45) is 5.01. The Morgan fingerprint density at radius 3 is 1.43 bits per heavy atom. The molecule has 1 heteroatoms. The van der Waals surface area contributed by atoms with E-state index in [0.29, 0.717) is 16.6 Å². The first-order valence-electron chi connectivity index (χ1n) is 5.93. The van der Waals surface area contributed by atoms with Crippen LogP contribution in [0.5, 0.6) is 0 Å². The van der Waals surface area contributed by atoms with Crippen molar-refractivity contribution in [1.82, 2.24) is 0 Å². The van der Waals surface area contributed by atoms with Crippen LogP contribution in [0.4, 0.5) is 0 Å². The normalized spacial score (nSPS) is 30.6. The van der Waals surface area contributed by atoms with Crippen molar-refractivity contribution in [3.8, 4) is 0 Å². The highest BCUT2D eigenvalue weighted by atomic mass is 16.1. The zero-order valence-electron chi connectivity index (χ0n) is 9.89. The van der Waals surface area contributed by atoms with Crippen LogP contribution in [0.15, 0.2) is 0 Å². The Labute approximate surface area is 87.3 Å². The van der Waals surface area contributed by atoms with Crippen molar-refractivity contribution in [1.29, 1.82) is 0 Å². The molecular formula is C13H22O. The molecule has 2 unspecified atom stereocenters. The number of carbonyl (C=O) groups is 1. The summed E-state index contributed by atoms with van der Waals surface area (Å²) in [5.74, 6) is 1.09. The molecule has 0 aromatic carbocycles. The molecule has 0 saturated heterocycles. The summed E-state index contributed by atoms with van der Waals surface area (Å²) < 4.78 is 0. The Morgan fingerprint density at radius 2 is 1.21 bits per heavy atom. The van der Waals surface area contributed by atoms with Crippen molar-refractivity contribution in [3.05, 3.63) is 0 Å². The summed E-state index contributed by atoms with van der Waals surface area (Å²) >= 11 is 0. The van der Waals surface area contributed by atoms with Gasteiger partial charge in [-0.05, 0) is 36.5 Å². The second kappa shape index (κ2) is 2.84. The van der Waals surface area contributed by atoms with Crippen LogP contribution in [0.25, 0.3) is 0 Å². The maximum atomic E-state index is 12.2. The fourth-order valence-corrected chi connectivity index (χ4v) is 2.32. The number of carbonyl (C=O) groups excluding carboxylic acids is 1. The van der Waals surface area contributed by atoms with E-state index in [4.69, 9.17) is 0 Å². The largest absolute Gasteiger partial charge is 0.299 e. The lowest BCUT2D eigenvalue weighted by Gasteiger charge is -2.25. The van der Waals surface area contributed by atoms with Gasteiger partial charge >= 0.3 is 0 Å². The zero-order chi connectivity index (χ0) is 10.6. The van der Waals surface area contributed by atoms with E-state index in [9.17, 15) is 4.79 Å². The predicted molar refractivity (Wildman–Crippen MR) is 58.0 cm³/mol. The number of hydrogen-bond acceptors (Lipinski definition) is 1. The Bertz CT molecular complexity index is 232. The average molecular weight is 194 g/mol. The number of rotatable bonds is 4. The molecular weight excluding hydrogens is 172 g/mol. The second-order valence-corrected chi connectivity index (χ2v) is 6.15. The smallest absolute Gasteiger partial charge is 0.139 e. The van der Waals surface area contributed by atoms with Crippen LogP contribution < -0.4 is 0 Å². The molecule has 0 aliphatic heterocycles.